The van der Waals surface area contributed by atoms with E-state index in [9.17, 15) is 4.79 Å². The topological polar surface area (TPSA) is 55.1 Å². The van der Waals surface area contributed by atoms with Gasteiger partial charge in [-0.3, -0.25) is 0 Å². The molecule has 1 heterocycles. The molecule has 6 heteroatoms. The zero-order valence-corrected chi connectivity index (χ0v) is 11.7. The second-order valence-electron chi connectivity index (χ2n) is 3.51. The summed E-state index contributed by atoms with van der Waals surface area (Å²) in [6, 6.07) is 5.50. The molecule has 0 bridgehead atoms. The Hall–Kier alpha value is -1.08. The minimum absolute atomic E-state index is 0.0413. The molecule has 2 aromatic rings. The summed E-state index contributed by atoms with van der Waals surface area (Å²) in [5.41, 5.74) is 1.31. The molecule has 0 spiro atoms. The Morgan fingerprint density at radius 2 is 2.24 bits per heavy atom. The number of hydrogen-bond donors (Lipinski definition) is 1. The molecule has 1 aromatic heterocycles. The van der Waals surface area contributed by atoms with Crippen molar-refractivity contribution in [2.75, 3.05) is 0 Å². The third-order valence-electron chi connectivity index (χ3n) is 2.26. The van der Waals surface area contributed by atoms with Gasteiger partial charge in [0.1, 0.15) is 0 Å². The Labute approximate surface area is 116 Å². The van der Waals surface area contributed by atoms with Gasteiger partial charge in [0.2, 0.25) is 0 Å². The van der Waals surface area contributed by atoms with Crippen LogP contribution in [0.1, 0.15) is 16.1 Å². The van der Waals surface area contributed by atoms with Crippen LogP contribution in [0.5, 0.6) is 0 Å². The second kappa shape index (κ2) is 4.66. The fraction of sp³-hybridized carbons (Fsp3) is 0.0909. The van der Waals surface area contributed by atoms with Crippen molar-refractivity contribution in [3.8, 4) is 5.69 Å². The molecule has 1 N–H and O–H groups in total. The summed E-state index contributed by atoms with van der Waals surface area (Å²) in [5, 5.41) is 13.5. The number of halogens is 2. The number of hydrogen-bond acceptors (Lipinski definition) is 2. The molecule has 0 saturated carbocycles. The molecule has 0 radical (unpaired) electrons. The molecular formula is C11H8ClIN2O2. The quantitative estimate of drug-likeness (QED) is 0.835. The van der Waals surface area contributed by atoms with Gasteiger partial charge >= 0.3 is 5.97 Å². The zero-order chi connectivity index (χ0) is 12.6. The van der Waals surface area contributed by atoms with Crippen molar-refractivity contribution in [3.63, 3.8) is 0 Å². The zero-order valence-electron chi connectivity index (χ0n) is 8.82. The number of carboxylic acid groups (broad SMARTS) is 1. The van der Waals surface area contributed by atoms with E-state index in [1.165, 1.54) is 4.68 Å². The molecule has 0 fully saturated rings. The van der Waals surface area contributed by atoms with E-state index in [0.717, 1.165) is 3.57 Å². The van der Waals surface area contributed by atoms with E-state index in [0.29, 0.717) is 16.3 Å². The van der Waals surface area contributed by atoms with Gasteiger partial charge in [-0.25, -0.2) is 9.48 Å². The first-order valence-corrected chi connectivity index (χ1v) is 6.19. The van der Waals surface area contributed by atoms with Crippen molar-refractivity contribution in [1.29, 1.82) is 0 Å². The molecule has 0 unspecified atom stereocenters. The summed E-state index contributed by atoms with van der Waals surface area (Å²) in [5.74, 6) is -1.04. The number of nitrogens with zero attached hydrogens (tertiary/aromatic N) is 2. The average molecular weight is 363 g/mol. The molecule has 0 atom stereocenters. The first-order valence-electron chi connectivity index (χ1n) is 4.74. The van der Waals surface area contributed by atoms with Gasteiger partial charge in [-0.05, 0) is 47.7 Å². The molecule has 0 aliphatic heterocycles. The van der Waals surface area contributed by atoms with Crippen molar-refractivity contribution >= 4 is 40.2 Å². The van der Waals surface area contributed by atoms with E-state index in [4.69, 9.17) is 16.7 Å². The van der Waals surface area contributed by atoms with Crippen molar-refractivity contribution in [3.05, 3.63) is 44.2 Å². The van der Waals surface area contributed by atoms with Crippen LogP contribution in [0.2, 0.25) is 5.02 Å². The SMILES string of the molecule is Cc1cn(-c2ccc(I)cc2Cl)nc1C(=O)O. The molecule has 2 rings (SSSR count). The lowest BCUT2D eigenvalue weighted by Gasteiger charge is -2.04. The standard InChI is InChI=1S/C11H8ClIN2O2/c1-6-5-15(14-10(6)11(16)17)9-3-2-7(13)4-8(9)12/h2-5H,1H3,(H,16,17). The van der Waals surface area contributed by atoms with E-state index >= 15 is 0 Å². The van der Waals surface area contributed by atoms with Crippen molar-refractivity contribution in [1.82, 2.24) is 9.78 Å². The minimum Gasteiger partial charge on any atom is -0.476 e. The molecule has 0 aliphatic rings. The van der Waals surface area contributed by atoms with Crippen LogP contribution in [-0.4, -0.2) is 20.9 Å². The van der Waals surface area contributed by atoms with Gasteiger partial charge in [0.05, 0.1) is 10.7 Å². The van der Waals surface area contributed by atoms with E-state index < -0.39 is 5.97 Å². The molecule has 4 nitrogen and oxygen atoms in total. The van der Waals surface area contributed by atoms with Crippen LogP contribution in [0.4, 0.5) is 0 Å². The van der Waals surface area contributed by atoms with Crippen molar-refractivity contribution in [2.24, 2.45) is 0 Å². The Morgan fingerprint density at radius 3 is 2.76 bits per heavy atom. The first kappa shape index (κ1) is 12.4. The van der Waals surface area contributed by atoms with E-state index in [1.54, 1.807) is 19.2 Å². The van der Waals surface area contributed by atoms with Crippen molar-refractivity contribution in [2.45, 2.75) is 6.92 Å². The van der Waals surface area contributed by atoms with Crippen LogP contribution in [-0.2, 0) is 0 Å². The molecule has 88 valence electrons. The molecule has 0 saturated heterocycles. The smallest absolute Gasteiger partial charge is 0.356 e. The minimum atomic E-state index is -1.04. The fourth-order valence-electron chi connectivity index (χ4n) is 1.46. The maximum absolute atomic E-state index is 10.9. The Bertz CT molecular complexity index is 595. The summed E-state index contributed by atoms with van der Waals surface area (Å²) < 4.78 is 2.50. The van der Waals surface area contributed by atoms with Gasteiger partial charge in [0, 0.05) is 15.3 Å². The predicted octanol–water partition coefficient (Wildman–Crippen LogP) is 3.14. The summed E-state index contributed by atoms with van der Waals surface area (Å²) in [4.78, 5) is 10.9. The highest BCUT2D eigenvalue weighted by molar-refractivity contribution is 14.1. The number of aryl methyl sites for hydroxylation is 1. The normalized spacial score (nSPS) is 10.5. The summed E-state index contributed by atoms with van der Waals surface area (Å²) in [6.07, 6.45) is 1.65. The van der Waals surface area contributed by atoms with Gasteiger partial charge in [-0.1, -0.05) is 11.6 Å². The van der Waals surface area contributed by atoms with Gasteiger partial charge in [0.15, 0.2) is 5.69 Å². The van der Waals surface area contributed by atoms with E-state index in [2.05, 4.69) is 27.7 Å². The number of aromatic carboxylic acids is 1. The van der Waals surface area contributed by atoms with Gasteiger partial charge in [-0.15, -0.1) is 0 Å². The molecule has 0 amide bonds. The Kier molecular flexibility index (Phi) is 3.39. The third-order valence-corrected chi connectivity index (χ3v) is 3.23. The third kappa shape index (κ3) is 2.44. The van der Waals surface area contributed by atoms with Crippen LogP contribution in [0.15, 0.2) is 24.4 Å². The molecule has 0 aliphatic carbocycles. The summed E-state index contributed by atoms with van der Waals surface area (Å²) in [6.45, 7) is 1.70. The molecule has 17 heavy (non-hydrogen) atoms. The van der Waals surface area contributed by atoms with Crippen LogP contribution in [0, 0.1) is 10.5 Å². The maximum atomic E-state index is 10.9. The highest BCUT2D eigenvalue weighted by Crippen LogP contribution is 2.23. The van der Waals surface area contributed by atoms with Crippen LogP contribution in [0.25, 0.3) is 5.69 Å². The predicted molar refractivity (Wildman–Crippen MR) is 73.0 cm³/mol. The maximum Gasteiger partial charge on any atom is 0.356 e. The van der Waals surface area contributed by atoms with Crippen LogP contribution < -0.4 is 0 Å². The highest BCUT2D eigenvalue weighted by Gasteiger charge is 2.14. The van der Waals surface area contributed by atoms with Gasteiger partial charge in [0.25, 0.3) is 0 Å². The van der Waals surface area contributed by atoms with Gasteiger partial charge < -0.3 is 5.11 Å². The lowest BCUT2D eigenvalue weighted by molar-refractivity contribution is 0.0689. The van der Waals surface area contributed by atoms with Crippen LogP contribution in [0.3, 0.4) is 0 Å². The average Bonchev–Trinajstić information content (AvgIpc) is 2.60. The fourth-order valence-corrected chi connectivity index (χ4v) is 2.40. The Balaban J connectivity index is 2.53. The highest BCUT2D eigenvalue weighted by atomic mass is 127. The molecule has 1 aromatic carbocycles. The molecular weight excluding hydrogens is 354 g/mol. The monoisotopic (exact) mass is 362 g/mol. The largest absolute Gasteiger partial charge is 0.476 e. The van der Waals surface area contributed by atoms with E-state index in [-0.39, 0.29) is 5.69 Å². The second-order valence-corrected chi connectivity index (χ2v) is 5.16. The number of aromatic nitrogens is 2. The summed E-state index contributed by atoms with van der Waals surface area (Å²) in [7, 11) is 0. The lowest BCUT2D eigenvalue weighted by atomic mass is 10.3. The number of benzene rings is 1. The number of carboxylic acids is 1. The Morgan fingerprint density at radius 1 is 1.53 bits per heavy atom. The van der Waals surface area contributed by atoms with Crippen LogP contribution >= 0.6 is 34.2 Å². The lowest BCUT2D eigenvalue weighted by Crippen LogP contribution is -2.02. The van der Waals surface area contributed by atoms with E-state index in [1.807, 2.05) is 12.1 Å². The van der Waals surface area contributed by atoms with Gasteiger partial charge in [-0.2, -0.15) is 5.10 Å². The number of rotatable bonds is 2. The summed E-state index contributed by atoms with van der Waals surface area (Å²) >= 11 is 8.25. The number of carbonyl (C=O) groups is 1. The first-order chi connectivity index (χ1) is 7.99. The van der Waals surface area contributed by atoms with Crippen molar-refractivity contribution < 1.29 is 9.90 Å².